The van der Waals surface area contributed by atoms with Crippen LogP contribution in [0.5, 0.6) is 0 Å². The van der Waals surface area contributed by atoms with Crippen LogP contribution in [-0.2, 0) is 19.1 Å². The monoisotopic (exact) mass is 622 g/mol. The number of carbonyl (C=O) groups excluding carboxylic acids is 3. The first kappa shape index (κ1) is 29.2. The molecule has 5 fully saturated rings. The molecular weight excluding hydrogens is 584 g/mol. The molecule has 6 heterocycles. The second kappa shape index (κ2) is 11.4. The number of fused-ring (bicyclic) bond motifs is 4. The van der Waals surface area contributed by atoms with Crippen LogP contribution in [-0.4, -0.2) is 97.3 Å². The van der Waals surface area contributed by atoms with E-state index in [1.165, 1.54) is 11.3 Å². The molecule has 1 aliphatic carbocycles. The third kappa shape index (κ3) is 5.24. The molecule has 0 unspecified atom stereocenters. The minimum absolute atomic E-state index is 0.0344. The Bertz CT molecular complexity index is 1480. The summed E-state index contributed by atoms with van der Waals surface area (Å²) in [6.07, 6.45) is 5.53. The van der Waals surface area contributed by atoms with Gasteiger partial charge in [0.2, 0.25) is 11.8 Å². The molecule has 4 saturated heterocycles. The van der Waals surface area contributed by atoms with Gasteiger partial charge in [-0.3, -0.25) is 19.4 Å². The van der Waals surface area contributed by atoms with Gasteiger partial charge in [0.25, 0.3) is 11.9 Å². The number of nitrogens with zero attached hydrogens (tertiary/aromatic N) is 4. The topological polar surface area (TPSA) is 139 Å². The van der Waals surface area contributed by atoms with Gasteiger partial charge in [-0.2, -0.15) is 4.98 Å². The fourth-order valence-corrected chi connectivity index (χ4v) is 7.92. The van der Waals surface area contributed by atoms with E-state index in [4.69, 9.17) is 13.9 Å². The fraction of sp³-hybridized carbons (Fsp3) is 0.581. The van der Waals surface area contributed by atoms with Crippen molar-refractivity contribution in [2.45, 2.75) is 50.9 Å². The first-order chi connectivity index (χ1) is 21.3. The van der Waals surface area contributed by atoms with Crippen molar-refractivity contribution in [2.24, 2.45) is 16.7 Å². The summed E-state index contributed by atoms with van der Waals surface area (Å²) in [5.74, 6) is -1.28. The molecule has 2 bridgehead atoms. The van der Waals surface area contributed by atoms with Crippen LogP contribution in [0.3, 0.4) is 0 Å². The van der Waals surface area contributed by atoms with Crippen molar-refractivity contribution in [2.75, 3.05) is 51.3 Å². The number of nitrogens with one attached hydrogen (secondary N) is 2. The van der Waals surface area contributed by atoms with E-state index < -0.39 is 23.5 Å². The maximum atomic E-state index is 14.1. The Balaban J connectivity index is 1.08. The molecule has 234 valence electrons. The third-order valence-corrected chi connectivity index (χ3v) is 10.8. The first-order valence-electron chi connectivity index (χ1n) is 15.3. The average molecular weight is 623 g/mol. The van der Waals surface area contributed by atoms with Gasteiger partial charge in [0.05, 0.1) is 43.0 Å². The number of anilines is 1. The molecule has 2 aromatic heterocycles. The maximum Gasteiger partial charge on any atom is 0.298 e. The number of para-hydroxylation sites is 2. The Morgan fingerprint density at radius 1 is 1.18 bits per heavy atom. The minimum atomic E-state index is -0.888. The molecule has 3 aromatic rings. The number of hydrogen-bond donors (Lipinski definition) is 2. The van der Waals surface area contributed by atoms with Gasteiger partial charge >= 0.3 is 0 Å². The number of oxazole rings is 1. The van der Waals surface area contributed by atoms with E-state index in [-0.39, 0.29) is 29.7 Å². The molecular formula is C31H38N6O6S. The normalized spacial score (nSPS) is 26.9. The molecule has 1 spiro atoms. The predicted molar refractivity (Wildman–Crippen MR) is 162 cm³/mol. The Labute approximate surface area is 259 Å². The number of thiazole rings is 1. The maximum absolute atomic E-state index is 14.1. The van der Waals surface area contributed by atoms with Gasteiger partial charge in [-0.1, -0.05) is 12.1 Å². The summed E-state index contributed by atoms with van der Waals surface area (Å²) in [5.41, 5.74) is 2.52. The summed E-state index contributed by atoms with van der Waals surface area (Å²) in [6, 6.07) is 7.18. The highest BCUT2D eigenvalue weighted by Crippen LogP contribution is 2.47. The highest BCUT2D eigenvalue weighted by atomic mass is 32.1. The van der Waals surface area contributed by atoms with Gasteiger partial charge in [0, 0.05) is 44.1 Å². The number of carbonyl (C=O) groups is 3. The predicted octanol–water partition coefficient (Wildman–Crippen LogP) is 2.46. The SMILES string of the molecule is CNC(=O)[C@@H](NC(=O)[C@@H]1CN(C(=O)c2cncs2)CC12CN(c1nc3ccccc3o1)C2)[C@@H](C)OCC12CCC(CC1)OC2. The molecule has 2 N–H and O–H groups in total. The van der Waals surface area contributed by atoms with Gasteiger partial charge in [-0.25, -0.2) is 0 Å². The molecule has 5 aliphatic rings. The van der Waals surface area contributed by atoms with Gasteiger partial charge in [0.1, 0.15) is 16.4 Å². The zero-order chi connectivity index (χ0) is 30.5. The van der Waals surface area contributed by atoms with Crippen LogP contribution in [0.2, 0.25) is 0 Å². The van der Waals surface area contributed by atoms with Crippen LogP contribution >= 0.6 is 11.3 Å². The minimum Gasteiger partial charge on any atom is -0.423 e. The van der Waals surface area contributed by atoms with E-state index in [1.54, 1.807) is 23.7 Å². The lowest BCUT2D eigenvalue weighted by atomic mass is 9.71. The lowest BCUT2D eigenvalue weighted by Gasteiger charge is -2.49. The lowest BCUT2D eigenvalue weighted by Crippen LogP contribution is -2.64. The van der Waals surface area contributed by atoms with Crippen molar-refractivity contribution in [1.82, 2.24) is 25.5 Å². The first-order valence-corrected chi connectivity index (χ1v) is 16.2. The van der Waals surface area contributed by atoms with E-state index in [9.17, 15) is 14.4 Å². The summed E-state index contributed by atoms with van der Waals surface area (Å²) in [7, 11) is 1.56. The second-order valence-corrected chi connectivity index (χ2v) is 13.8. The van der Waals surface area contributed by atoms with Crippen LogP contribution in [0.15, 0.2) is 40.4 Å². The number of amides is 3. The largest absolute Gasteiger partial charge is 0.423 e. The Morgan fingerprint density at radius 3 is 2.66 bits per heavy atom. The van der Waals surface area contributed by atoms with Crippen LogP contribution < -0.4 is 15.5 Å². The number of hydrogen-bond acceptors (Lipinski definition) is 10. The molecule has 1 aromatic carbocycles. The van der Waals surface area contributed by atoms with Gasteiger partial charge in [-0.15, -0.1) is 11.3 Å². The fourth-order valence-electron chi connectivity index (χ4n) is 7.33. The highest BCUT2D eigenvalue weighted by Gasteiger charge is 2.59. The van der Waals surface area contributed by atoms with E-state index in [1.807, 2.05) is 36.1 Å². The Hall–Kier alpha value is -3.55. The molecule has 1 saturated carbocycles. The smallest absolute Gasteiger partial charge is 0.298 e. The summed E-state index contributed by atoms with van der Waals surface area (Å²) >= 11 is 1.28. The molecule has 3 amide bonds. The third-order valence-electron chi connectivity index (χ3n) is 10.0. The van der Waals surface area contributed by atoms with Crippen molar-refractivity contribution in [3.05, 3.63) is 40.8 Å². The highest BCUT2D eigenvalue weighted by molar-refractivity contribution is 7.11. The van der Waals surface area contributed by atoms with E-state index in [2.05, 4.69) is 20.6 Å². The number of likely N-dealkylation sites (tertiary alicyclic amines) is 1. The van der Waals surface area contributed by atoms with Crippen LogP contribution in [0.1, 0.15) is 42.3 Å². The van der Waals surface area contributed by atoms with Crippen LogP contribution in [0, 0.1) is 16.7 Å². The van der Waals surface area contributed by atoms with Crippen molar-refractivity contribution >= 4 is 46.2 Å². The molecule has 12 nitrogen and oxygen atoms in total. The van der Waals surface area contributed by atoms with Crippen LogP contribution in [0.4, 0.5) is 6.01 Å². The number of ether oxygens (including phenoxy) is 2. The Morgan fingerprint density at radius 2 is 1.98 bits per heavy atom. The van der Waals surface area contributed by atoms with Gasteiger partial charge in [-0.05, 0) is 44.7 Å². The van der Waals surface area contributed by atoms with Gasteiger partial charge in [0.15, 0.2) is 5.58 Å². The second-order valence-electron chi connectivity index (χ2n) is 12.9. The Kier molecular flexibility index (Phi) is 7.58. The molecule has 8 rings (SSSR count). The molecule has 0 radical (unpaired) electrons. The number of benzene rings is 1. The molecule has 4 aliphatic heterocycles. The zero-order valence-corrected chi connectivity index (χ0v) is 25.8. The summed E-state index contributed by atoms with van der Waals surface area (Å²) in [6.45, 7) is 4.60. The van der Waals surface area contributed by atoms with E-state index in [0.717, 1.165) is 31.2 Å². The molecule has 3 atom stereocenters. The summed E-state index contributed by atoms with van der Waals surface area (Å²) in [4.78, 5) is 53.5. The number of aromatic nitrogens is 2. The van der Waals surface area contributed by atoms with Crippen molar-refractivity contribution in [3.8, 4) is 0 Å². The number of rotatable bonds is 9. The van der Waals surface area contributed by atoms with Crippen molar-refractivity contribution < 1.29 is 28.3 Å². The number of likely N-dealkylation sites (N-methyl/N-ethyl adjacent to an activating group) is 1. The molecule has 13 heteroatoms. The van der Waals surface area contributed by atoms with Gasteiger partial charge < -0.3 is 34.3 Å². The quantitative estimate of drug-likeness (QED) is 0.369. The van der Waals surface area contributed by atoms with Crippen LogP contribution in [0.25, 0.3) is 11.1 Å². The van der Waals surface area contributed by atoms with Crippen molar-refractivity contribution in [1.29, 1.82) is 0 Å². The summed E-state index contributed by atoms with van der Waals surface area (Å²) < 4.78 is 18.2. The lowest BCUT2D eigenvalue weighted by molar-refractivity contribution is -0.155. The average Bonchev–Trinajstić information content (AvgIpc) is 3.81. The zero-order valence-electron chi connectivity index (χ0n) is 25.0. The van der Waals surface area contributed by atoms with E-state index in [0.29, 0.717) is 55.4 Å². The molecule has 44 heavy (non-hydrogen) atoms. The summed E-state index contributed by atoms with van der Waals surface area (Å²) in [5, 5.41) is 5.71. The van der Waals surface area contributed by atoms with Crippen molar-refractivity contribution in [3.63, 3.8) is 0 Å². The standard InChI is InChI=1S/C31H38N6O6S/c1-19(41-16-30-9-7-20(8-10-30)42-17-30)25(27(39)32-2)35-26(38)21-12-36(28(40)24-11-33-18-44-24)13-31(21)14-37(15-31)29-34-22-5-3-4-6-23(22)43-29/h3-6,11,18-21,25H,7-10,12-17H2,1-2H3,(H,32,39)(H,35,38)/t19-,20?,21+,25+,30?/m1/s1. The van der Waals surface area contributed by atoms with E-state index >= 15 is 0 Å².